The molecule has 0 spiro atoms. The van der Waals surface area contributed by atoms with Crippen molar-refractivity contribution in [1.82, 2.24) is 0 Å². The van der Waals surface area contributed by atoms with Crippen LogP contribution in [0.15, 0.2) is 84.9 Å². The van der Waals surface area contributed by atoms with Crippen molar-refractivity contribution in [1.29, 1.82) is 0 Å². The molecule has 168 valence electrons. The number of para-hydroxylation sites is 1. The average Bonchev–Trinajstić information content (AvgIpc) is 2.84. The van der Waals surface area contributed by atoms with Crippen molar-refractivity contribution in [3.63, 3.8) is 0 Å². The van der Waals surface area contributed by atoms with Crippen molar-refractivity contribution in [2.45, 2.75) is 6.10 Å². The van der Waals surface area contributed by atoms with Crippen molar-refractivity contribution in [2.24, 2.45) is 0 Å². The predicted molar refractivity (Wildman–Crippen MR) is 126 cm³/mol. The molecule has 1 aliphatic heterocycles. The quantitative estimate of drug-likeness (QED) is 0.380. The third-order valence-corrected chi connectivity index (χ3v) is 4.84. The Morgan fingerprint density at radius 1 is 0.939 bits per heavy atom. The number of rotatable bonds is 7. The largest absolute Gasteiger partial charge is 0.485 e. The van der Waals surface area contributed by atoms with Gasteiger partial charge in [-0.25, -0.2) is 0 Å². The molecule has 0 aromatic heterocycles. The van der Waals surface area contributed by atoms with Gasteiger partial charge in [0.05, 0.1) is 0 Å². The molecule has 3 aromatic rings. The predicted octanol–water partition coefficient (Wildman–Crippen LogP) is 4.99. The number of halogens is 1. The van der Waals surface area contributed by atoms with Crippen LogP contribution in [-0.2, 0) is 9.59 Å². The van der Waals surface area contributed by atoms with Gasteiger partial charge in [0.1, 0.15) is 24.0 Å². The molecule has 2 N–H and O–H groups in total. The van der Waals surface area contributed by atoms with Gasteiger partial charge in [0, 0.05) is 23.5 Å². The smallest absolute Gasteiger partial charge is 0.248 e. The molecule has 0 saturated heterocycles. The van der Waals surface area contributed by atoms with Crippen LogP contribution < -0.4 is 24.8 Å². The Morgan fingerprint density at radius 3 is 2.42 bits per heavy atom. The van der Waals surface area contributed by atoms with Crippen molar-refractivity contribution >= 4 is 34.8 Å². The van der Waals surface area contributed by atoms with E-state index >= 15 is 0 Å². The van der Waals surface area contributed by atoms with Gasteiger partial charge in [0.15, 0.2) is 17.6 Å². The van der Waals surface area contributed by atoms with Crippen LogP contribution in [0.2, 0.25) is 0 Å². The van der Waals surface area contributed by atoms with E-state index in [0.29, 0.717) is 28.6 Å². The summed E-state index contributed by atoms with van der Waals surface area (Å²) in [5.41, 5.74) is 1.18. The van der Waals surface area contributed by atoms with E-state index in [9.17, 15) is 9.59 Å². The number of nitrogens with one attached hydrogen (secondary N) is 2. The summed E-state index contributed by atoms with van der Waals surface area (Å²) in [4.78, 5) is 23.8. The summed E-state index contributed by atoms with van der Waals surface area (Å²) in [6.07, 6.45) is 2.56. The number of hydrogen-bond donors (Lipinski definition) is 2. The summed E-state index contributed by atoms with van der Waals surface area (Å²) in [5, 5.41) is 5.45. The Labute approximate surface area is 195 Å². The van der Waals surface area contributed by atoms with Gasteiger partial charge in [-0.3, -0.25) is 9.59 Å². The Kier molecular flexibility index (Phi) is 7.12. The third kappa shape index (κ3) is 6.27. The standard InChI is InChI=1S/C25H21ClN2O5/c26-15-25(30)28-18-8-12-22-23(14-18)33-21(16-31-22)11-13-24(29)27-17-6-9-20(10-7-17)32-19-4-2-1-3-5-19/h1-14,21H,15-16H2,(H,27,29)(H,28,30)/b13-11+. The SMILES string of the molecule is O=C(/C=C/C1COc2ccc(NC(=O)CCl)cc2O1)Nc1ccc(Oc2ccccc2)cc1. The topological polar surface area (TPSA) is 85.9 Å². The fourth-order valence-corrected chi connectivity index (χ4v) is 3.13. The molecule has 0 fully saturated rings. The molecule has 0 saturated carbocycles. The van der Waals surface area contributed by atoms with E-state index in [4.69, 9.17) is 25.8 Å². The van der Waals surface area contributed by atoms with Gasteiger partial charge >= 0.3 is 0 Å². The fourth-order valence-electron chi connectivity index (χ4n) is 3.06. The summed E-state index contributed by atoms with van der Waals surface area (Å²) in [6.45, 7) is 0.260. The second-order valence-corrected chi connectivity index (χ2v) is 7.37. The number of hydrogen-bond acceptors (Lipinski definition) is 5. The molecule has 0 radical (unpaired) electrons. The molecular weight excluding hydrogens is 444 g/mol. The Hall–Kier alpha value is -3.97. The van der Waals surface area contributed by atoms with Gasteiger partial charge < -0.3 is 24.8 Å². The molecule has 33 heavy (non-hydrogen) atoms. The maximum Gasteiger partial charge on any atom is 0.248 e. The fraction of sp³-hybridized carbons (Fsp3) is 0.120. The lowest BCUT2D eigenvalue weighted by Crippen LogP contribution is -2.27. The van der Waals surface area contributed by atoms with Crippen molar-refractivity contribution in [3.05, 3.63) is 84.9 Å². The highest BCUT2D eigenvalue weighted by Crippen LogP contribution is 2.34. The van der Waals surface area contributed by atoms with Crippen molar-refractivity contribution in [2.75, 3.05) is 23.1 Å². The number of anilines is 2. The Balaban J connectivity index is 1.31. The molecule has 2 amide bonds. The summed E-state index contributed by atoms with van der Waals surface area (Å²) in [7, 11) is 0. The van der Waals surface area contributed by atoms with Crippen LogP contribution in [0.4, 0.5) is 11.4 Å². The van der Waals surface area contributed by atoms with E-state index in [2.05, 4.69) is 10.6 Å². The number of alkyl halides is 1. The van der Waals surface area contributed by atoms with E-state index in [1.807, 2.05) is 30.3 Å². The first-order valence-corrected chi connectivity index (χ1v) is 10.7. The molecule has 0 aliphatic carbocycles. The van der Waals surface area contributed by atoms with Gasteiger partial charge in [0.2, 0.25) is 11.8 Å². The molecule has 1 unspecified atom stereocenters. The van der Waals surface area contributed by atoms with Crippen molar-refractivity contribution in [3.8, 4) is 23.0 Å². The van der Waals surface area contributed by atoms with Gasteiger partial charge in [-0.2, -0.15) is 0 Å². The zero-order valence-electron chi connectivity index (χ0n) is 17.5. The summed E-state index contributed by atoms with van der Waals surface area (Å²) >= 11 is 5.52. The minimum Gasteiger partial charge on any atom is -0.485 e. The van der Waals surface area contributed by atoms with Crippen molar-refractivity contribution < 1.29 is 23.8 Å². The van der Waals surface area contributed by atoms with E-state index in [1.54, 1.807) is 48.5 Å². The van der Waals surface area contributed by atoms with Crippen LogP contribution in [0.1, 0.15) is 0 Å². The van der Waals surface area contributed by atoms with Crippen LogP contribution >= 0.6 is 11.6 Å². The molecule has 8 heteroatoms. The third-order valence-electron chi connectivity index (χ3n) is 4.59. The molecule has 3 aromatic carbocycles. The normalized spacial score (nSPS) is 14.5. The lowest BCUT2D eigenvalue weighted by Gasteiger charge is -2.25. The minimum atomic E-state index is -0.455. The molecule has 4 rings (SSSR count). The molecule has 0 bridgehead atoms. The first-order valence-electron chi connectivity index (χ1n) is 10.2. The van der Waals surface area contributed by atoms with Crippen LogP contribution in [-0.4, -0.2) is 30.4 Å². The van der Waals surface area contributed by atoms with Gasteiger partial charge in [0.25, 0.3) is 0 Å². The Morgan fingerprint density at radius 2 is 1.67 bits per heavy atom. The Bertz CT molecular complexity index is 1150. The highest BCUT2D eigenvalue weighted by Gasteiger charge is 2.20. The number of ether oxygens (including phenoxy) is 3. The van der Waals surface area contributed by atoms with Gasteiger partial charge in [-0.05, 0) is 54.6 Å². The van der Waals surface area contributed by atoms with Gasteiger partial charge in [-0.1, -0.05) is 18.2 Å². The average molecular weight is 465 g/mol. The van der Waals surface area contributed by atoms with E-state index in [0.717, 1.165) is 5.75 Å². The van der Waals surface area contributed by atoms with Crippen LogP contribution in [0.3, 0.4) is 0 Å². The molecule has 1 heterocycles. The maximum atomic E-state index is 12.3. The lowest BCUT2D eigenvalue weighted by molar-refractivity contribution is -0.114. The highest BCUT2D eigenvalue weighted by atomic mass is 35.5. The number of fused-ring (bicyclic) bond motifs is 1. The zero-order valence-corrected chi connectivity index (χ0v) is 18.2. The monoisotopic (exact) mass is 464 g/mol. The van der Waals surface area contributed by atoms with E-state index < -0.39 is 6.10 Å². The highest BCUT2D eigenvalue weighted by molar-refractivity contribution is 6.29. The summed E-state index contributed by atoms with van der Waals surface area (Å²) in [6, 6.07) is 21.6. The first-order chi connectivity index (χ1) is 16.1. The van der Waals surface area contributed by atoms with Crippen LogP contribution in [0, 0.1) is 0 Å². The molecule has 1 atom stereocenters. The van der Waals surface area contributed by atoms with E-state index in [1.165, 1.54) is 6.08 Å². The second-order valence-electron chi connectivity index (χ2n) is 7.10. The molecular formula is C25H21ClN2O5. The number of carbonyl (C=O) groups is 2. The van der Waals surface area contributed by atoms with E-state index in [-0.39, 0.29) is 24.3 Å². The lowest BCUT2D eigenvalue weighted by atomic mass is 10.2. The summed E-state index contributed by atoms with van der Waals surface area (Å²) < 4.78 is 17.3. The maximum absolute atomic E-state index is 12.3. The van der Waals surface area contributed by atoms with Crippen LogP contribution in [0.25, 0.3) is 0 Å². The molecule has 7 nitrogen and oxygen atoms in total. The second kappa shape index (κ2) is 10.6. The molecule has 1 aliphatic rings. The minimum absolute atomic E-state index is 0.141. The van der Waals surface area contributed by atoms with Crippen LogP contribution in [0.5, 0.6) is 23.0 Å². The number of benzene rings is 3. The number of carbonyl (C=O) groups excluding carboxylic acids is 2. The zero-order chi connectivity index (χ0) is 23.0. The summed E-state index contributed by atoms with van der Waals surface area (Å²) in [5.74, 6) is 1.68. The number of amides is 2. The first kappa shape index (κ1) is 22.2. The van der Waals surface area contributed by atoms with Gasteiger partial charge in [-0.15, -0.1) is 11.6 Å².